The Bertz CT molecular complexity index is 874. The van der Waals surface area contributed by atoms with Crippen LogP contribution in [0.4, 0.5) is 5.69 Å². The molecule has 2 aromatic rings. The van der Waals surface area contributed by atoms with E-state index in [4.69, 9.17) is 11.6 Å². The van der Waals surface area contributed by atoms with E-state index in [0.29, 0.717) is 10.7 Å². The van der Waals surface area contributed by atoms with Crippen molar-refractivity contribution in [1.29, 1.82) is 0 Å². The summed E-state index contributed by atoms with van der Waals surface area (Å²) >= 11 is 6.09. The van der Waals surface area contributed by atoms with Crippen LogP contribution in [0.2, 0.25) is 5.02 Å². The summed E-state index contributed by atoms with van der Waals surface area (Å²) in [7, 11) is 0. The quantitative estimate of drug-likeness (QED) is 0.417. The molecule has 0 saturated carbocycles. The number of benzene rings is 1. The van der Waals surface area contributed by atoms with Crippen LogP contribution >= 0.6 is 11.6 Å². The van der Waals surface area contributed by atoms with Crippen molar-refractivity contribution in [2.45, 2.75) is 85.5 Å². The largest absolute Gasteiger partial charge is 0.326 e. The van der Waals surface area contributed by atoms with Crippen LogP contribution in [0, 0.1) is 20.8 Å². The molecule has 1 N–H and O–H groups in total. The lowest BCUT2D eigenvalue weighted by Crippen LogP contribution is -2.19. The average molecular weight is 432 g/mol. The Morgan fingerprint density at radius 1 is 1.03 bits per heavy atom. The number of carbonyl (C=O) groups excluding carboxylic acids is 2. The first-order valence-corrected chi connectivity index (χ1v) is 11.4. The van der Waals surface area contributed by atoms with Gasteiger partial charge in [-0.2, -0.15) is 5.10 Å². The summed E-state index contributed by atoms with van der Waals surface area (Å²) in [6.07, 6.45) is 8.61. The third-order valence-electron chi connectivity index (χ3n) is 5.57. The highest BCUT2D eigenvalue weighted by Crippen LogP contribution is 2.23. The van der Waals surface area contributed by atoms with Gasteiger partial charge in [-0.15, -0.1) is 0 Å². The summed E-state index contributed by atoms with van der Waals surface area (Å²) in [5.41, 5.74) is 4.47. The number of amides is 1. The molecule has 0 aliphatic heterocycles. The molecule has 0 fully saturated rings. The standard InChI is InChI=1S/C24H34ClN3O2/c1-5-6-7-8-9-10-12-20-18(3)27-28(19(20)4)24(30)16-15-23(29)26-22-14-11-13-21(25)17(22)2/h11,13-14H,5-10,12,15-16H2,1-4H3,(H,26,29). The predicted molar refractivity (Wildman–Crippen MR) is 123 cm³/mol. The predicted octanol–water partition coefficient (Wildman–Crippen LogP) is 6.42. The van der Waals surface area contributed by atoms with Crippen molar-refractivity contribution in [3.8, 4) is 0 Å². The molecular formula is C24H34ClN3O2. The molecule has 0 radical (unpaired) electrons. The Hall–Kier alpha value is -2.14. The molecule has 1 heterocycles. The lowest BCUT2D eigenvalue weighted by Gasteiger charge is -2.09. The minimum absolute atomic E-state index is 0.107. The number of anilines is 1. The minimum atomic E-state index is -0.206. The van der Waals surface area contributed by atoms with Gasteiger partial charge in [-0.05, 0) is 56.9 Å². The first-order valence-electron chi connectivity index (χ1n) is 11.0. The van der Waals surface area contributed by atoms with Gasteiger partial charge in [-0.1, -0.05) is 56.7 Å². The Morgan fingerprint density at radius 2 is 1.73 bits per heavy atom. The van der Waals surface area contributed by atoms with Gasteiger partial charge in [0.25, 0.3) is 0 Å². The number of aryl methyl sites for hydroxylation is 1. The Morgan fingerprint density at radius 3 is 2.47 bits per heavy atom. The smallest absolute Gasteiger partial charge is 0.247 e. The van der Waals surface area contributed by atoms with Gasteiger partial charge in [0.05, 0.1) is 5.69 Å². The van der Waals surface area contributed by atoms with Crippen LogP contribution in [0.3, 0.4) is 0 Å². The zero-order valence-corrected chi connectivity index (χ0v) is 19.4. The second kappa shape index (κ2) is 11.9. The average Bonchev–Trinajstić information content (AvgIpc) is 3.00. The van der Waals surface area contributed by atoms with Crippen LogP contribution < -0.4 is 5.32 Å². The van der Waals surface area contributed by atoms with Crippen LogP contribution in [0.1, 0.15) is 85.6 Å². The summed E-state index contributed by atoms with van der Waals surface area (Å²) in [5, 5.41) is 7.88. The number of halogens is 1. The molecule has 30 heavy (non-hydrogen) atoms. The topological polar surface area (TPSA) is 64.0 Å². The van der Waals surface area contributed by atoms with Gasteiger partial charge in [0.15, 0.2) is 0 Å². The molecule has 0 saturated heterocycles. The fourth-order valence-electron chi connectivity index (χ4n) is 3.64. The lowest BCUT2D eigenvalue weighted by atomic mass is 10.0. The molecule has 2 rings (SSSR count). The summed E-state index contributed by atoms with van der Waals surface area (Å²) in [6.45, 7) is 7.97. The van der Waals surface area contributed by atoms with Crippen LogP contribution in [0.25, 0.3) is 0 Å². The van der Waals surface area contributed by atoms with Crippen molar-refractivity contribution in [1.82, 2.24) is 9.78 Å². The molecule has 6 heteroatoms. The van der Waals surface area contributed by atoms with E-state index in [1.165, 1.54) is 36.8 Å². The number of rotatable bonds is 11. The molecule has 1 aromatic carbocycles. The van der Waals surface area contributed by atoms with Crippen molar-refractivity contribution in [3.05, 3.63) is 45.7 Å². The maximum atomic E-state index is 12.7. The summed E-state index contributed by atoms with van der Waals surface area (Å²) in [5.74, 6) is -0.356. The number of hydrogen-bond acceptors (Lipinski definition) is 3. The molecule has 164 valence electrons. The normalized spacial score (nSPS) is 11.0. The molecule has 0 spiro atoms. The maximum Gasteiger partial charge on any atom is 0.247 e. The van der Waals surface area contributed by atoms with Gasteiger partial charge >= 0.3 is 0 Å². The molecular weight excluding hydrogens is 398 g/mol. The van der Waals surface area contributed by atoms with Crippen LogP contribution in [0.5, 0.6) is 0 Å². The van der Waals surface area contributed by atoms with Gasteiger partial charge < -0.3 is 5.32 Å². The number of hydrogen-bond donors (Lipinski definition) is 1. The van der Waals surface area contributed by atoms with Crippen molar-refractivity contribution in [3.63, 3.8) is 0 Å². The SMILES string of the molecule is CCCCCCCCc1c(C)nn(C(=O)CCC(=O)Nc2cccc(Cl)c2C)c1C. The number of carbonyl (C=O) groups is 2. The van der Waals surface area contributed by atoms with E-state index in [1.807, 2.05) is 20.8 Å². The van der Waals surface area contributed by atoms with Crippen molar-refractivity contribution in [2.24, 2.45) is 0 Å². The highest BCUT2D eigenvalue weighted by molar-refractivity contribution is 6.31. The fraction of sp³-hybridized carbons (Fsp3) is 0.542. The highest BCUT2D eigenvalue weighted by atomic mass is 35.5. The first-order chi connectivity index (χ1) is 14.3. The monoisotopic (exact) mass is 431 g/mol. The molecule has 0 bridgehead atoms. The van der Waals surface area contributed by atoms with E-state index in [0.717, 1.165) is 35.4 Å². The molecule has 1 amide bonds. The van der Waals surface area contributed by atoms with Gasteiger partial charge in [0, 0.05) is 29.2 Å². The number of nitrogens with zero attached hydrogens (tertiary/aromatic N) is 2. The molecule has 1 aromatic heterocycles. The van der Waals surface area contributed by atoms with Crippen molar-refractivity contribution >= 4 is 29.1 Å². The first kappa shape index (κ1) is 24.1. The lowest BCUT2D eigenvalue weighted by molar-refractivity contribution is -0.116. The molecule has 0 unspecified atom stereocenters. The number of nitrogens with one attached hydrogen (secondary N) is 1. The zero-order valence-electron chi connectivity index (χ0n) is 18.7. The molecule has 0 aliphatic carbocycles. The minimum Gasteiger partial charge on any atom is -0.326 e. The van der Waals surface area contributed by atoms with Crippen molar-refractivity contribution in [2.75, 3.05) is 5.32 Å². The summed E-state index contributed by atoms with van der Waals surface area (Å²) in [6, 6.07) is 5.37. The Kier molecular flexibility index (Phi) is 9.57. The van der Waals surface area contributed by atoms with E-state index in [-0.39, 0.29) is 24.7 Å². The van der Waals surface area contributed by atoms with Crippen molar-refractivity contribution < 1.29 is 9.59 Å². The van der Waals surface area contributed by atoms with E-state index >= 15 is 0 Å². The highest BCUT2D eigenvalue weighted by Gasteiger charge is 2.17. The van der Waals surface area contributed by atoms with E-state index in [2.05, 4.69) is 17.3 Å². The Balaban J connectivity index is 1.87. The van der Waals surface area contributed by atoms with Gasteiger partial charge in [0.2, 0.25) is 11.8 Å². The summed E-state index contributed by atoms with van der Waals surface area (Å²) in [4.78, 5) is 24.9. The van der Waals surface area contributed by atoms with Crippen LogP contribution in [-0.2, 0) is 11.2 Å². The van der Waals surface area contributed by atoms with Crippen LogP contribution in [0.15, 0.2) is 18.2 Å². The van der Waals surface area contributed by atoms with Gasteiger partial charge in [0.1, 0.15) is 0 Å². The molecule has 0 aliphatic rings. The van der Waals surface area contributed by atoms with Gasteiger partial charge in [-0.25, -0.2) is 4.68 Å². The van der Waals surface area contributed by atoms with E-state index in [1.54, 1.807) is 18.2 Å². The summed E-state index contributed by atoms with van der Waals surface area (Å²) < 4.78 is 1.47. The molecule has 0 atom stereocenters. The number of aromatic nitrogens is 2. The zero-order chi connectivity index (χ0) is 22.1. The van der Waals surface area contributed by atoms with Crippen LogP contribution in [-0.4, -0.2) is 21.6 Å². The number of unbranched alkanes of at least 4 members (excludes halogenated alkanes) is 5. The third kappa shape index (κ3) is 6.69. The fourth-order valence-corrected chi connectivity index (χ4v) is 3.82. The van der Waals surface area contributed by atoms with E-state index < -0.39 is 0 Å². The Labute approximate surface area is 185 Å². The van der Waals surface area contributed by atoms with Gasteiger partial charge in [-0.3, -0.25) is 9.59 Å². The third-order valence-corrected chi connectivity index (χ3v) is 5.97. The van der Waals surface area contributed by atoms with E-state index in [9.17, 15) is 9.59 Å². The maximum absolute atomic E-state index is 12.7. The second-order valence-corrected chi connectivity index (χ2v) is 8.34. The molecule has 5 nitrogen and oxygen atoms in total. The second-order valence-electron chi connectivity index (χ2n) is 7.93.